The number of hydrogen-bond acceptors (Lipinski definition) is 4. The molecule has 0 aromatic carbocycles. The Bertz CT molecular complexity index is 625. The average molecular weight is 365 g/mol. The minimum atomic E-state index is -3.91. The number of halogens is 1. The summed E-state index contributed by atoms with van der Waals surface area (Å²) < 4.78 is 27.9. The van der Waals surface area contributed by atoms with E-state index in [2.05, 4.69) is 15.9 Å². The molecule has 0 saturated carbocycles. The Hall–Kier alpha value is -0.860. The zero-order chi connectivity index (χ0) is 15.1. The van der Waals surface area contributed by atoms with Crippen molar-refractivity contribution in [1.29, 1.82) is 0 Å². The highest BCUT2D eigenvalue weighted by Gasteiger charge is 2.36. The maximum Gasteiger partial charge on any atom is 0.290 e. The van der Waals surface area contributed by atoms with Crippen LogP contribution in [0.15, 0.2) is 20.0 Å². The number of primary sulfonamides is 1. The largest absolute Gasteiger partial charge is 0.443 e. The van der Waals surface area contributed by atoms with Crippen molar-refractivity contribution in [2.75, 3.05) is 0 Å². The van der Waals surface area contributed by atoms with Crippen LogP contribution in [0.25, 0.3) is 0 Å². The molecule has 2 heterocycles. The molecular weight excluding hydrogens is 348 g/mol. The van der Waals surface area contributed by atoms with Gasteiger partial charge in [0.2, 0.25) is 10.0 Å². The molecule has 0 aliphatic carbocycles. The van der Waals surface area contributed by atoms with Crippen LogP contribution in [0, 0.1) is 0 Å². The van der Waals surface area contributed by atoms with Gasteiger partial charge in [0.1, 0.15) is 4.90 Å². The van der Waals surface area contributed by atoms with E-state index >= 15 is 0 Å². The van der Waals surface area contributed by atoms with Gasteiger partial charge in [-0.2, -0.15) is 0 Å². The van der Waals surface area contributed by atoms with Gasteiger partial charge >= 0.3 is 0 Å². The minimum Gasteiger partial charge on any atom is -0.443 e. The summed E-state index contributed by atoms with van der Waals surface area (Å²) in [6, 6.07) is 1.47. The van der Waals surface area contributed by atoms with Gasteiger partial charge in [0, 0.05) is 18.2 Å². The van der Waals surface area contributed by atoms with Gasteiger partial charge in [-0.1, -0.05) is 6.92 Å². The summed E-state index contributed by atoms with van der Waals surface area (Å²) >= 11 is 2.98. The van der Waals surface area contributed by atoms with Crippen molar-refractivity contribution in [3.05, 3.63) is 16.5 Å². The van der Waals surface area contributed by atoms with Crippen molar-refractivity contribution < 1.29 is 17.6 Å². The maximum atomic E-state index is 12.5. The van der Waals surface area contributed by atoms with Crippen molar-refractivity contribution in [2.45, 2.75) is 50.1 Å². The molecule has 2 unspecified atom stereocenters. The summed E-state index contributed by atoms with van der Waals surface area (Å²) in [5, 5.41) is 5.06. The van der Waals surface area contributed by atoms with Crippen LogP contribution in [0.1, 0.15) is 43.7 Å². The van der Waals surface area contributed by atoms with Crippen LogP contribution < -0.4 is 5.14 Å². The molecule has 2 atom stereocenters. The van der Waals surface area contributed by atoms with E-state index in [1.165, 1.54) is 6.07 Å². The fraction of sp³-hybridized carbons (Fsp3) is 0.583. The second-order valence-corrected chi connectivity index (χ2v) is 7.24. The third kappa shape index (κ3) is 2.77. The first-order valence-electron chi connectivity index (χ1n) is 6.40. The molecular formula is C12H17BrN2O4S. The highest BCUT2D eigenvalue weighted by atomic mass is 79.9. The van der Waals surface area contributed by atoms with E-state index in [1.54, 1.807) is 4.90 Å². The number of sulfonamides is 1. The number of nitrogens with zero attached hydrogens (tertiary/aromatic N) is 1. The lowest BCUT2D eigenvalue weighted by Crippen LogP contribution is -2.39. The lowest BCUT2D eigenvalue weighted by Gasteiger charge is -2.26. The molecule has 1 aromatic rings. The Morgan fingerprint density at radius 3 is 2.70 bits per heavy atom. The highest BCUT2D eigenvalue weighted by Crippen LogP contribution is 2.31. The highest BCUT2D eigenvalue weighted by molar-refractivity contribution is 9.10. The van der Waals surface area contributed by atoms with E-state index in [4.69, 9.17) is 9.56 Å². The first-order chi connectivity index (χ1) is 9.25. The molecule has 20 heavy (non-hydrogen) atoms. The average Bonchev–Trinajstić information content (AvgIpc) is 2.91. The van der Waals surface area contributed by atoms with Crippen LogP contribution in [-0.2, 0) is 10.0 Å². The number of amides is 1. The van der Waals surface area contributed by atoms with Gasteiger partial charge in [0.15, 0.2) is 10.4 Å². The van der Waals surface area contributed by atoms with Crippen molar-refractivity contribution in [3.63, 3.8) is 0 Å². The third-order valence-electron chi connectivity index (χ3n) is 3.66. The Labute approximate surface area is 126 Å². The second-order valence-electron chi connectivity index (χ2n) is 4.99. The van der Waals surface area contributed by atoms with E-state index in [0.29, 0.717) is 0 Å². The van der Waals surface area contributed by atoms with Crippen molar-refractivity contribution in [1.82, 2.24) is 4.90 Å². The molecule has 2 N–H and O–H groups in total. The Balaban J connectivity index is 2.35. The molecule has 1 fully saturated rings. The zero-order valence-corrected chi connectivity index (χ0v) is 13.7. The second kappa shape index (κ2) is 5.50. The van der Waals surface area contributed by atoms with Crippen LogP contribution in [-0.4, -0.2) is 31.3 Å². The third-order valence-corrected chi connectivity index (χ3v) is 5.43. The molecule has 0 bridgehead atoms. The van der Waals surface area contributed by atoms with Crippen LogP contribution >= 0.6 is 15.9 Å². The first-order valence-corrected chi connectivity index (χ1v) is 8.74. The molecule has 1 aromatic heterocycles. The van der Waals surface area contributed by atoms with Crippen molar-refractivity contribution in [3.8, 4) is 0 Å². The van der Waals surface area contributed by atoms with Crippen LogP contribution in [0.2, 0.25) is 0 Å². The fourth-order valence-corrected chi connectivity index (χ4v) is 4.12. The van der Waals surface area contributed by atoms with Gasteiger partial charge < -0.3 is 9.32 Å². The number of carbonyl (C=O) groups is 1. The zero-order valence-electron chi connectivity index (χ0n) is 11.3. The van der Waals surface area contributed by atoms with E-state index < -0.39 is 10.0 Å². The van der Waals surface area contributed by atoms with Gasteiger partial charge in [-0.3, -0.25) is 4.79 Å². The SMILES string of the molecule is CCC1CCC(C)N1C(=O)c1cc(S(N)(=O)=O)c(Br)o1. The summed E-state index contributed by atoms with van der Waals surface area (Å²) in [7, 11) is -3.91. The number of rotatable bonds is 3. The van der Waals surface area contributed by atoms with Crippen LogP contribution in [0.3, 0.4) is 0 Å². The summed E-state index contributed by atoms with van der Waals surface area (Å²) in [4.78, 5) is 14.0. The van der Waals surface area contributed by atoms with Crippen molar-refractivity contribution in [2.24, 2.45) is 5.14 Å². The standard InChI is InChI=1S/C12H17BrN2O4S/c1-3-8-5-4-7(2)15(8)12(16)9-6-10(11(13)19-9)20(14,17)18/h6-8H,3-5H2,1-2H3,(H2,14,17,18). The van der Waals surface area contributed by atoms with Gasteiger partial charge in [-0.05, 0) is 42.1 Å². The molecule has 1 aliphatic rings. The topological polar surface area (TPSA) is 93.6 Å². The molecule has 112 valence electrons. The number of carbonyl (C=O) groups excluding carboxylic acids is 1. The number of likely N-dealkylation sites (tertiary alicyclic amines) is 1. The monoisotopic (exact) mass is 364 g/mol. The lowest BCUT2D eigenvalue weighted by molar-refractivity contribution is 0.0642. The fourth-order valence-electron chi connectivity index (χ4n) is 2.62. The molecule has 0 radical (unpaired) electrons. The summed E-state index contributed by atoms with van der Waals surface area (Å²) in [5.41, 5.74) is 0. The summed E-state index contributed by atoms with van der Waals surface area (Å²) in [6.07, 6.45) is 2.75. The molecule has 8 heteroatoms. The number of furan rings is 1. The molecule has 0 spiro atoms. The van der Waals surface area contributed by atoms with E-state index in [1.807, 2.05) is 13.8 Å². The molecule has 1 amide bonds. The maximum absolute atomic E-state index is 12.5. The van der Waals surface area contributed by atoms with Gasteiger partial charge in [0.05, 0.1) is 0 Å². The first kappa shape index (κ1) is 15.5. The lowest BCUT2D eigenvalue weighted by atomic mass is 10.1. The quantitative estimate of drug-likeness (QED) is 0.888. The predicted octanol–water partition coefficient (Wildman–Crippen LogP) is 2.09. The normalized spacial score (nSPS) is 23.3. The molecule has 6 nitrogen and oxygen atoms in total. The van der Waals surface area contributed by atoms with E-state index in [0.717, 1.165) is 19.3 Å². The van der Waals surface area contributed by atoms with Gasteiger partial charge in [-0.25, -0.2) is 13.6 Å². The van der Waals surface area contributed by atoms with Crippen molar-refractivity contribution >= 4 is 31.9 Å². The summed E-state index contributed by atoms with van der Waals surface area (Å²) in [6.45, 7) is 4.00. The molecule has 1 saturated heterocycles. The predicted molar refractivity (Wildman–Crippen MR) is 76.7 cm³/mol. The van der Waals surface area contributed by atoms with E-state index in [-0.39, 0.29) is 33.3 Å². The molecule has 1 aliphatic heterocycles. The van der Waals surface area contributed by atoms with Crippen LogP contribution in [0.4, 0.5) is 0 Å². The Morgan fingerprint density at radius 1 is 1.55 bits per heavy atom. The summed E-state index contributed by atoms with van der Waals surface area (Å²) in [5.74, 6) is -0.300. The molecule has 2 rings (SSSR count). The van der Waals surface area contributed by atoms with Gasteiger partial charge in [0.25, 0.3) is 5.91 Å². The Kier molecular flexibility index (Phi) is 4.27. The van der Waals surface area contributed by atoms with E-state index in [9.17, 15) is 13.2 Å². The van der Waals surface area contributed by atoms with Gasteiger partial charge in [-0.15, -0.1) is 0 Å². The van der Waals surface area contributed by atoms with Crippen LogP contribution in [0.5, 0.6) is 0 Å². The minimum absolute atomic E-state index is 0.00639. The number of nitrogens with two attached hydrogens (primary N) is 1. The Morgan fingerprint density at radius 2 is 2.20 bits per heavy atom. The number of hydrogen-bond donors (Lipinski definition) is 1. The smallest absolute Gasteiger partial charge is 0.290 e.